The van der Waals surface area contributed by atoms with Gasteiger partial charge < -0.3 is 19.7 Å². The lowest BCUT2D eigenvalue weighted by Crippen LogP contribution is -2.51. The molecule has 3 rings (SSSR count). The van der Waals surface area contributed by atoms with Gasteiger partial charge in [0.1, 0.15) is 36.9 Å². The normalized spacial score (nSPS) is 17.1. The van der Waals surface area contributed by atoms with Crippen molar-refractivity contribution in [1.82, 2.24) is 9.80 Å². The molecule has 2 unspecified atom stereocenters. The third-order valence-corrected chi connectivity index (χ3v) is 5.95. The molecule has 0 spiro atoms. The average molecular weight is 443 g/mol. The predicted octanol–water partition coefficient (Wildman–Crippen LogP) is 2.61. The monoisotopic (exact) mass is 442 g/mol. The molecular weight excluding hydrogens is 404 g/mol. The van der Waals surface area contributed by atoms with Crippen LogP contribution in [0.2, 0.25) is 0 Å². The molecule has 0 saturated carbocycles. The lowest BCUT2D eigenvalue weighted by Gasteiger charge is -2.36. The SMILES string of the molecule is CCc1ccc(OCC(O)CN2CCN(CC(O)COc3ccc(CC)cc3)CC2)cc1. The first-order valence-corrected chi connectivity index (χ1v) is 11.8. The summed E-state index contributed by atoms with van der Waals surface area (Å²) in [6.45, 7) is 9.51. The number of nitrogens with zero attached hydrogens (tertiary/aromatic N) is 2. The van der Waals surface area contributed by atoms with Gasteiger partial charge in [-0.15, -0.1) is 0 Å². The second kappa shape index (κ2) is 12.8. The maximum atomic E-state index is 10.3. The van der Waals surface area contributed by atoms with Crippen LogP contribution in [0.15, 0.2) is 48.5 Å². The molecule has 2 aromatic carbocycles. The number of rotatable bonds is 12. The van der Waals surface area contributed by atoms with Gasteiger partial charge in [0.05, 0.1) is 0 Å². The Hall–Kier alpha value is -2.12. The van der Waals surface area contributed by atoms with Crippen molar-refractivity contribution in [2.45, 2.75) is 38.9 Å². The zero-order valence-electron chi connectivity index (χ0n) is 19.4. The van der Waals surface area contributed by atoms with E-state index >= 15 is 0 Å². The van der Waals surface area contributed by atoms with Crippen molar-refractivity contribution in [2.24, 2.45) is 0 Å². The maximum absolute atomic E-state index is 10.3. The van der Waals surface area contributed by atoms with Crippen LogP contribution in [0.1, 0.15) is 25.0 Å². The molecule has 1 fully saturated rings. The predicted molar refractivity (Wildman–Crippen MR) is 128 cm³/mol. The Kier molecular flexibility index (Phi) is 9.81. The minimum absolute atomic E-state index is 0.293. The summed E-state index contributed by atoms with van der Waals surface area (Å²) in [6, 6.07) is 16.1. The molecule has 1 saturated heterocycles. The van der Waals surface area contributed by atoms with Gasteiger partial charge in [0, 0.05) is 39.3 Å². The topological polar surface area (TPSA) is 65.4 Å². The van der Waals surface area contributed by atoms with Crippen LogP contribution in [-0.2, 0) is 12.8 Å². The molecule has 1 heterocycles. The first kappa shape index (κ1) is 24.5. The van der Waals surface area contributed by atoms with Crippen LogP contribution in [0, 0.1) is 0 Å². The highest BCUT2D eigenvalue weighted by molar-refractivity contribution is 5.28. The molecule has 2 aromatic rings. The molecule has 176 valence electrons. The van der Waals surface area contributed by atoms with E-state index in [0.29, 0.717) is 26.3 Å². The summed E-state index contributed by atoms with van der Waals surface area (Å²) in [4.78, 5) is 4.51. The van der Waals surface area contributed by atoms with Crippen molar-refractivity contribution in [3.05, 3.63) is 59.7 Å². The van der Waals surface area contributed by atoms with Gasteiger partial charge in [0.15, 0.2) is 0 Å². The Morgan fingerprint density at radius 2 is 1.00 bits per heavy atom. The molecule has 0 radical (unpaired) electrons. The Morgan fingerprint density at radius 1 is 0.656 bits per heavy atom. The minimum atomic E-state index is -0.523. The third-order valence-electron chi connectivity index (χ3n) is 5.95. The second-order valence-electron chi connectivity index (χ2n) is 8.53. The van der Waals surface area contributed by atoms with E-state index in [1.54, 1.807) is 0 Å². The van der Waals surface area contributed by atoms with Crippen LogP contribution in [0.3, 0.4) is 0 Å². The number of aryl methyl sites for hydroxylation is 2. The first-order valence-electron chi connectivity index (χ1n) is 11.8. The number of hydrogen-bond acceptors (Lipinski definition) is 6. The van der Waals surface area contributed by atoms with E-state index in [-0.39, 0.29) is 0 Å². The van der Waals surface area contributed by atoms with Gasteiger partial charge in [0.2, 0.25) is 0 Å². The lowest BCUT2D eigenvalue weighted by atomic mass is 10.2. The summed E-state index contributed by atoms with van der Waals surface area (Å²) in [5.41, 5.74) is 2.55. The van der Waals surface area contributed by atoms with E-state index < -0.39 is 12.2 Å². The summed E-state index contributed by atoms with van der Waals surface area (Å²) >= 11 is 0. The highest BCUT2D eigenvalue weighted by atomic mass is 16.5. The van der Waals surface area contributed by atoms with Crippen LogP contribution < -0.4 is 9.47 Å². The van der Waals surface area contributed by atoms with E-state index in [0.717, 1.165) is 50.5 Å². The number of β-amino-alcohol motifs (C(OH)–C–C–N with tert-alkyl or cyclic N) is 2. The van der Waals surface area contributed by atoms with Gasteiger partial charge in [-0.2, -0.15) is 0 Å². The maximum Gasteiger partial charge on any atom is 0.119 e. The first-order chi connectivity index (χ1) is 15.6. The van der Waals surface area contributed by atoms with Gasteiger partial charge >= 0.3 is 0 Å². The largest absolute Gasteiger partial charge is 0.491 e. The summed E-state index contributed by atoms with van der Waals surface area (Å²) in [5, 5.41) is 20.7. The van der Waals surface area contributed by atoms with E-state index in [9.17, 15) is 10.2 Å². The molecular formula is C26H38N2O4. The number of aliphatic hydroxyl groups is 2. The number of ether oxygens (including phenoxy) is 2. The van der Waals surface area contributed by atoms with E-state index in [4.69, 9.17) is 9.47 Å². The lowest BCUT2D eigenvalue weighted by molar-refractivity contribution is 0.0240. The number of hydrogen-bond donors (Lipinski definition) is 2. The average Bonchev–Trinajstić information content (AvgIpc) is 2.83. The molecule has 32 heavy (non-hydrogen) atoms. The fourth-order valence-electron chi connectivity index (χ4n) is 3.88. The number of benzene rings is 2. The number of aliphatic hydroxyl groups excluding tert-OH is 2. The summed E-state index contributed by atoms with van der Waals surface area (Å²) in [5.74, 6) is 1.59. The summed E-state index contributed by atoms with van der Waals surface area (Å²) < 4.78 is 11.4. The van der Waals surface area contributed by atoms with Crippen molar-refractivity contribution in [2.75, 3.05) is 52.5 Å². The van der Waals surface area contributed by atoms with E-state index in [1.807, 2.05) is 24.3 Å². The Balaban J connectivity index is 1.29. The molecule has 6 nitrogen and oxygen atoms in total. The molecule has 0 bridgehead atoms. The second-order valence-corrected chi connectivity index (χ2v) is 8.53. The van der Waals surface area contributed by atoms with Crippen molar-refractivity contribution < 1.29 is 19.7 Å². The highest BCUT2D eigenvalue weighted by Gasteiger charge is 2.21. The Labute approximate surface area is 192 Å². The van der Waals surface area contributed by atoms with E-state index in [2.05, 4.69) is 47.9 Å². The van der Waals surface area contributed by atoms with Gasteiger partial charge in [-0.1, -0.05) is 38.1 Å². The van der Waals surface area contributed by atoms with Gasteiger partial charge in [-0.05, 0) is 48.2 Å². The van der Waals surface area contributed by atoms with Crippen molar-refractivity contribution in [1.29, 1.82) is 0 Å². The molecule has 0 aliphatic carbocycles. The molecule has 1 aliphatic heterocycles. The van der Waals surface area contributed by atoms with Crippen molar-refractivity contribution in [3.63, 3.8) is 0 Å². The number of piperazine rings is 1. The zero-order chi connectivity index (χ0) is 22.8. The van der Waals surface area contributed by atoms with Crippen LogP contribution in [-0.4, -0.2) is 84.7 Å². The standard InChI is InChI=1S/C26H38N2O4/c1-3-21-5-9-25(10-6-21)31-19-23(29)17-27-13-15-28(16-14-27)18-24(30)20-32-26-11-7-22(4-2)8-12-26/h5-12,23-24,29-30H,3-4,13-20H2,1-2H3. The van der Waals surface area contributed by atoms with Gasteiger partial charge in [0.25, 0.3) is 0 Å². The summed E-state index contributed by atoms with van der Waals surface area (Å²) in [7, 11) is 0. The van der Waals surface area contributed by atoms with Gasteiger partial charge in [-0.25, -0.2) is 0 Å². The van der Waals surface area contributed by atoms with E-state index in [1.165, 1.54) is 11.1 Å². The Bertz CT molecular complexity index is 706. The molecule has 2 atom stereocenters. The van der Waals surface area contributed by atoms with Crippen LogP contribution in [0.5, 0.6) is 11.5 Å². The third kappa shape index (κ3) is 8.10. The Morgan fingerprint density at radius 3 is 1.31 bits per heavy atom. The molecule has 0 aromatic heterocycles. The zero-order valence-corrected chi connectivity index (χ0v) is 19.4. The summed E-state index contributed by atoms with van der Waals surface area (Å²) in [6.07, 6.45) is 0.966. The van der Waals surface area contributed by atoms with Crippen molar-refractivity contribution in [3.8, 4) is 11.5 Å². The van der Waals surface area contributed by atoms with Crippen LogP contribution in [0.4, 0.5) is 0 Å². The minimum Gasteiger partial charge on any atom is -0.491 e. The van der Waals surface area contributed by atoms with Crippen LogP contribution in [0.25, 0.3) is 0 Å². The molecule has 2 N–H and O–H groups in total. The molecule has 1 aliphatic rings. The fourth-order valence-corrected chi connectivity index (χ4v) is 3.88. The highest BCUT2D eigenvalue weighted by Crippen LogP contribution is 2.14. The van der Waals surface area contributed by atoms with Crippen LogP contribution >= 0.6 is 0 Å². The molecule has 0 amide bonds. The fraction of sp³-hybridized carbons (Fsp3) is 0.538. The van der Waals surface area contributed by atoms with Crippen molar-refractivity contribution >= 4 is 0 Å². The quantitative estimate of drug-likeness (QED) is 0.527. The van der Waals surface area contributed by atoms with Gasteiger partial charge in [-0.3, -0.25) is 9.80 Å². The molecule has 6 heteroatoms. The smallest absolute Gasteiger partial charge is 0.119 e.